The maximum atomic E-state index is 12.6. The van der Waals surface area contributed by atoms with Crippen molar-refractivity contribution in [1.82, 2.24) is 4.72 Å². The summed E-state index contributed by atoms with van der Waals surface area (Å²) in [4.78, 5) is 11.0. The molecule has 1 aliphatic rings. The third-order valence-electron chi connectivity index (χ3n) is 4.16. The molecule has 1 saturated carbocycles. The van der Waals surface area contributed by atoms with Gasteiger partial charge in [-0.05, 0) is 25.0 Å². The quantitative estimate of drug-likeness (QED) is 0.872. The lowest BCUT2D eigenvalue weighted by atomic mass is 9.81. The lowest BCUT2D eigenvalue weighted by Gasteiger charge is -2.32. The molecule has 1 aliphatic carbocycles. The van der Waals surface area contributed by atoms with Crippen LogP contribution in [0.3, 0.4) is 0 Å². The van der Waals surface area contributed by atoms with Crippen molar-refractivity contribution in [2.45, 2.75) is 23.8 Å². The zero-order chi connectivity index (χ0) is 16.6. The standard InChI is InChI=1S/C16H17NO5S/c1-22-14-6-7-15(13-5-3-2-4-12(13)14)23(20,21)17-11-8-10(9-11)16(18)19/h2-7,10-11,17H,8-9H2,1H3,(H,18,19). The van der Waals surface area contributed by atoms with Crippen molar-refractivity contribution in [2.75, 3.05) is 7.11 Å². The highest BCUT2D eigenvalue weighted by Gasteiger charge is 2.37. The fourth-order valence-electron chi connectivity index (χ4n) is 2.85. The Morgan fingerprint density at radius 3 is 2.43 bits per heavy atom. The number of benzene rings is 2. The van der Waals surface area contributed by atoms with Gasteiger partial charge in [-0.3, -0.25) is 4.79 Å². The Bertz CT molecular complexity index is 856. The molecule has 2 aromatic rings. The zero-order valence-corrected chi connectivity index (χ0v) is 13.3. The molecular weight excluding hydrogens is 318 g/mol. The van der Waals surface area contributed by atoms with Crippen LogP contribution >= 0.6 is 0 Å². The predicted octanol–water partition coefficient (Wildman–Crippen LogP) is 1.99. The van der Waals surface area contributed by atoms with E-state index in [1.54, 1.807) is 24.3 Å². The van der Waals surface area contributed by atoms with Crippen molar-refractivity contribution < 1.29 is 23.1 Å². The van der Waals surface area contributed by atoms with Gasteiger partial charge in [0.05, 0.1) is 17.9 Å². The second-order valence-corrected chi connectivity index (χ2v) is 7.32. The summed E-state index contributed by atoms with van der Waals surface area (Å²) in [6.45, 7) is 0. The molecule has 2 aromatic carbocycles. The van der Waals surface area contributed by atoms with Crippen LogP contribution in [0.5, 0.6) is 5.75 Å². The molecule has 122 valence electrons. The summed E-state index contributed by atoms with van der Waals surface area (Å²) in [7, 11) is -2.18. The molecule has 0 spiro atoms. The lowest BCUT2D eigenvalue weighted by molar-refractivity contribution is -0.145. The van der Waals surface area contributed by atoms with Gasteiger partial charge in [-0.1, -0.05) is 24.3 Å². The molecule has 0 saturated heterocycles. The maximum absolute atomic E-state index is 12.6. The number of hydrogen-bond acceptors (Lipinski definition) is 4. The predicted molar refractivity (Wildman–Crippen MR) is 85.0 cm³/mol. The molecule has 0 radical (unpaired) electrons. The summed E-state index contributed by atoms with van der Waals surface area (Å²) in [5.74, 6) is -0.736. The van der Waals surface area contributed by atoms with Gasteiger partial charge in [-0.2, -0.15) is 0 Å². The highest BCUT2D eigenvalue weighted by molar-refractivity contribution is 7.89. The summed E-state index contributed by atoms with van der Waals surface area (Å²) in [6.07, 6.45) is 0.644. The monoisotopic (exact) mass is 335 g/mol. The number of aliphatic carboxylic acids is 1. The lowest BCUT2D eigenvalue weighted by Crippen LogP contribution is -2.46. The first kappa shape index (κ1) is 15.8. The molecule has 0 bridgehead atoms. The van der Waals surface area contributed by atoms with Gasteiger partial charge in [0, 0.05) is 16.8 Å². The van der Waals surface area contributed by atoms with Crippen molar-refractivity contribution in [3.63, 3.8) is 0 Å². The molecule has 0 atom stereocenters. The molecule has 0 amide bonds. The zero-order valence-electron chi connectivity index (χ0n) is 12.5. The summed E-state index contributed by atoms with van der Waals surface area (Å²) in [5, 5.41) is 10.2. The minimum Gasteiger partial charge on any atom is -0.496 e. The molecule has 0 aromatic heterocycles. The van der Waals surface area contributed by atoms with Gasteiger partial charge < -0.3 is 9.84 Å². The Labute approximate surface area is 134 Å². The first-order chi connectivity index (χ1) is 10.9. The van der Waals surface area contributed by atoms with Crippen LogP contribution in [0.4, 0.5) is 0 Å². The first-order valence-electron chi connectivity index (χ1n) is 7.23. The summed E-state index contributed by atoms with van der Waals surface area (Å²) < 4.78 is 33.1. The van der Waals surface area contributed by atoms with Crippen molar-refractivity contribution in [1.29, 1.82) is 0 Å². The summed E-state index contributed by atoms with van der Waals surface area (Å²) >= 11 is 0. The Hall–Kier alpha value is -2.12. The number of nitrogens with one attached hydrogen (secondary N) is 1. The summed E-state index contributed by atoms with van der Waals surface area (Å²) in [5.41, 5.74) is 0. The molecular formula is C16H17NO5S. The highest BCUT2D eigenvalue weighted by atomic mass is 32.2. The Morgan fingerprint density at radius 1 is 1.17 bits per heavy atom. The van der Waals surface area contributed by atoms with E-state index in [0.29, 0.717) is 24.0 Å². The smallest absolute Gasteiger partial charge is 0.306 e. The maximum Gasteiger partial charge on any atom is 0.306 e. The van der Waals surface area contributed by atoms with Crippen LogP contribution in [0, 0.1) is 5.92 Å². The first-order valence-corrected chi connectivity index (χ1v) is 8.71. The number of carbonyl (C=O) groups is 1. The third-order valence-corrected chi connectivity index (χ3v) is 5.74. The molecule has 0 heterocycles. The van der Waals surface area contributed by atoms with E-state index in [0.717, 1.165) is 5.39 Å². The molecule has 1 fully saturated rings. The van der Waals surface area contributed by atoms with Crippen LogP contribution in [0.15, 0.2) is 41.3 Å². The Kier molecular flexibility index (Phi) is 3.99. The van der Waals surface area contributed by atoms with Crippen molar-refractivity contribution >= 4 is 26.8 Å². The minimum absolute atomic E-state index is 0.174. The van der Waals surface area contributed by atoms with Crippen LogP contribution in [0.25, 0.3) is 10.8 Å². The van der Waals surface area contributed by atoms with Gasteiger partial charge >= 0.3 is 5.97 Å². The van der Waals surface area contributed by atoms with Crippen LogP contribution < -0.4 is 9.46 Å². The van der Waals surface area contributed by atoms with Crippen molar-refractivity contribution in [2.24, 2.45) is 5.92 Å². The number of hydrogen-bond donors (Lipinski definition) is 2. The van der Waals surface area contributed by atoms with Gasteiger partial charge in [0.15, 0.2) is 0 Å². The van der Waals surface area contributed by atoms with Gasteiger partial charge in [-0.15, -0.1) is 0 Å². The average Bonchev–Trinajstić information content (AvgIpc) is 2.49. The van der Waals surface area contributed by atoms with E-state index >= 15 is 0 Å². The number of carboxylic acid groups (broad SMARTS) is 1. The number of rotatable bonds is 5. The summed E-state index contributed by atoms with van der Waals surface area (Å²) in [6, 6.07) is 9.92. The largest absolute Gasteiger partial charge is 0.496 e. The Balaban J connectivity index is 1.92. The molecule has 6 nitrogen and oxygen atoms in total. The van der Waals surface area contributed by atoms with Gasteiger partial charge in [-0.25, -0.2) is 13.1 Å². The number of sulfonamides is 1. The number of ether oxygens (including phenoxy) is 1. The number of methoxy groups -OCH3 is 1. The Morgan fingerprint density at radius 2 is 1.83 bits per heavy atom. The molecule has 0 unspecified atom stereocenters. The molecule has 7 heteroatoms. The van der Waals surface area contributed by atoms with Crippen LogP contribution in [0.2, 0.25) is 0 Å². The van der Waals surface area contributed by atoms with Gasteiger partial charge in [0.1, 0.15) is 5.75 Å². The molecule has 2 N–H and O–H groups in total. The van der Waals surface area contributed by atoms with Crippen molar-refractivity contribution in [3.8, 4) is 5.75 Å². The second-order valence-electron chi connectivity index (χ2n) is 5.64. The van der Waals surface area contributed by atoms with E-state index < -0.39 is 21.9 Å². The van der Waals surface area contributed by atoms with E-state index in [-0.39, 0.29) is 10.9 Å². The SMILES string of the molecule is COc1ccc(S(=O)(=O)NC2CC(C(=O)O)C2)c2ccccc12. The van der Waals surface area contributed by atoms with E-state index in [1.807, 2.05) is 6.07 Å². The molecule has 3 rings (SSSR count). The highest BCUT2D eigenvalue weighted by Crippen LogP contribution is 2.33. The number of carboxylic acids is 1. The molecule has 0 aliphatic heterocycles. The topological polar surface area (TPSA) is 92.7 Å². The van der Waals surface area contributed by atoms with Crippen LogP contribution in [0.1, 0.15) is 12.8 Å². The van der Waals surface area contributed by atoms with E-state index in [4.69, 9.17) is 9.84 Å². The molecule has 23 heavy (non-hydrogen) atoms. The normalized spacial score (nSPS) is 20.9. The van der Waals surface area contributed by atoms with E-state index in [1.165, 1.54) is 13.2 Å². The third kappa shape index (κ3) is 2.89. The van der Waals surface area contributed by atoms with Gasteiger partial charge in [0.25, 0.3) is 0 Å². The van der Waals surface area contributed by atoms with Crippen LogP contribution in [-0.4, -0.2) is 32.6 Å². The van der Waals surface area contributed by atoms with Crippen molar-refractivity contribution in [3.05, 3.63) is 36.4 Å². The number of fused-ring (bicyclic) bond motifs is 1. The van der Waals surface area contributed by atoms with E-state index in [2.05, 4.69) is 4.72 Å². The average molecular weight is 335 g/mol. The van der Waals surface area contributed by atoms with Crippen LogP contribution in [-0.2, 0) is 14.8 Å². The fraction of sp³-hybridized carbons (Fsp3) is 0.312. The van der Waals surface area contributed by atoms with E-state index in [9.17, 15) is 13.2 Å². The minimum atomic E-state index is -3.72. The van der Waals surface area contributed by atoms with Gasteiger partial charge in [0.2, 0.25) is 10.0 Å². The fourth-order valence-corrected chi connectivity index (χ4v) is 4.33. The second kappa shape index (κ2) is 5.82.